The molecule has 0 saturated carbocycles. The highest BCUT2D eigenvalue weighted by Crippen LogP contribution is 2.25. The van der Waals surface area contributed by atoms with Gasteiger partial charge < -0.3 is 14.9 Å². The predicted octanol–water partition coefficient (Wildman–Crippen LogP) is -0.482. The molecule has 0 aromatic rings. The Morgan fingerprint density at radius 2 is 2.18 bits per heavy atom. The molecule has 1 heterocycles. The van der Waals surface area contributed by atoms with Gasteiger partial charge in [-0.05, 0) is 0 Å². The fourth-order valence-corrected chi connectivity index (χ4v) is 1.79. The van der Waals surface area contributed by atoms with Crippen molar-refractivity contribution in [1.29, 1.82) is 0 Å². The Labute approximate surface area is 95.8 Å². The van der Waals surface area contributed by atoms with Crippen molar-refractivity contribution in [3.05, 3.63) is 0 Å². The first-order valence-corrected chi connectivity index (χ1v) is 5.00. The van der Waals surface area contributed by atoms with E-state index in [0.29, 0.717) is 0 Å². The van der Waals surface area contributed by atoms with E-state index in [1.54, 1.807) is 0 Å². The highest BCUT2D eigenvalue weighted by atomic mass is 19.4. The van der Waals surface area contributed by atoms with Gasteiger partial charge in [0.15, 0.2) is 6.10 Å². The smallest absolute Gasteiger partial charge is 0.415 e. The van der Waals surface area contributed by atoms with Crippen LogP contribution in [0.25, 0.3) is 0 Å². The molecule has 0 spiro atoms. The molecule has 1 aliphatic rings. The van der Waals surface area contributed by atoms with Crippen molar-refractivity contribution in [2.45, 2.75) is 30.8 Å². The SMILES string of the molecule is COC(=O)C1CC(O)CN1CC(O)C(F)(F)F. The number of rotatable bonds is 3. The van der Waals surface area contributed by atoms with Crippen LogP contribution >= 0.6 is 0 Å². The van der Waals surface area contributed by atoms with Crippen LogP contribution in [0.4, 0.5) is 13.2 Å². The Morgan fingerprint density at radius 3 is 2.65 bits per heavy atom. The first-order chi connectivity index (χ1) is 7.75. The number of hydrogen-bond acceptors (Lipinski definition) is 5. The van der Waals surface area contributed by atoms with Crippen molar-refractivity contribution in [2.24, 2.45) is 0 Å². The van der Waals surface area contributed by atoms with E-state index in [9.17, 15) is 23.1 Å². The first-order valence-electron chi connectivity index (χ1n) is 5.00. The number of carbonyl (C=O) groups is 1. The lowest BCUT2D eigenvalue weighted by Crippen LogP contribution is -2.45. The quantitative estimate of drug-likeness (QED) is 0.668. The number of aliphatic hydroxyl groups excluding tert-OH is 2. The summed E-state index contributed by atoms with van der Waals surface area (Å²) in [5.41, 5.74) is 0. The van der Waals surface area contributed by atoms with Crippen molar-refractivity contribution < 1.29 is 32.9 Å². The normalized spacial score (nSPS) is 28.1. The van der Waals surface area contributed by atoms with Crippen LogP contribution in [0.3, 0.4) is 0 Å². The standard InChI is InChI=1S/C9H14F3NO4/c1-17-8(16)6-2-5(14)3-13(6)4-7(15)9(10,11)12/h5-7,14-15H,2-4H2,1H3. The van der Waals surface area contributed by atoms with Crippen LogP contribution in [0.15, 0.2) is 0 Å². The molecule has 0 aromatic carbocycles. The van der Waals surface area contributed by atoms with E-state index in [4.69, 9.17) is 5.11 Å². The average Bonchev–Trinajstić information content (AvgIpc) is 2.57. The zero-order valence-corrected chi connectivity index (χ0v) is 9.15. The third-order valence-corrected chi connectivity index (χ3v) is 2.64. The Morgan fingerprint density at radius 1 is 1.59 bits per heavy atom. The van der Waals surface area contributed by atoms with Crippen LogP contribution in [-0.4, -0.2) is 65.7 Å². The summed E-state index contributed by atoms with van der Waals surface area (Å²) in [6.45, 7) is -0.840. The molecule has 2 N–H and O–H groups in total. The molecular formula is C9H14F3NO4. The van der Waals surface area contributed by atoms with Gasteiger partial charge in [0, 0.05) is 19.5 Å². The zero-order chi connectivity index (χ0) is 13.2. The van der Waals surface area contributed by atoms with Gasteiger partial charge in [-0.25, -0.2) is 0 Å². The molecule has 1 fully saturated rings. The number of aliphatic hydroxyl groups is 2. The Kier molecular flexibility index (Phi) is 4.34. The Bertz CT molecular complexity index is 284. The summed E-state index contributed by atoms with van der Waals surface area (Å²) in [4.78, 5) is 12.3. The van der Waals surface area contributed by atoms with Crippen molar-refractivity contribution >= 4 is 5.97 Å². The Hall–Kier alpha value is -0.860. The molecule has 8 heteroatoms. The third-order valence-electron chi connectivity index (χ3n) is 2.64. The van der Waals surface area contributed by atoms with Crippen LogP contribution in [0, 0.1) is 0 Å². The summed E-state index contributed by atoms with van der Waals surface area (Å²) >= 11 is 0. The van der Waals surface area contributed by atoms with Gasteiger partial charge in [-0.2, -0.15) is 13.2 Å². The minimum Gasteiger partial charge on any atom is -0.468 e. The fourth-order valence-electron chi connectivity index (χ4n) is 1.79. The molecule has 0 aromatic heterocycles. The fraction of sp³-hybridized carbons (Fsp3) is 0.889. The van der Waals surface area contributed by atoms with Crippen molar-refractivity contribution in [3.63, 3.8) is 0 Å². The number of ether oxygens (including phenoxy) is 1. The van der Waals surface area contributed by atoms with Gasteiger partial charge in [-0.1, -0.05) is 0 Å². The molecule has 5 nitrogen and oxygen atoms in total. The van der Waals surface area contributed by atoms with E-state index in [0.717, 1.165) is 12.0 Å². The minimum atomic E-state index is -4.74. The topological polar surface area (TPSA) is 70.0 Å². The number of methoxy groups -OCH3 is 1. The summed E-state index contributed by atoms with van der Waals surface area (Å²) < 4.78 is 40.9. The van der Waals surface area contributed by atoms with Gasteiger partial charge in [0.1, 0.15) is 6.04 Å². The monoisotopic (exact) mass is 257 g/mol. The van der Waals surface area contributed by atoms with Crippen molar-refractivity contribution in [1.82, 2.24) is 4.90 Å². The van der Waals surface area contributed by atoms with Crippen molar-refractivity contribution in [3.8, 4) is 0 Å². The lowest BCUT2D eigenvalue weighted by Gasteiger charge is -2.25. The average molecular weight is 257 g/mol. The van der Waals surface area contributed by atoms with E-state index in [1.165, 1.54) is 0 Å². The number of esters is 1. The van der Waals surface area contributed by atoms with Gasteiger partial charge in [0.05, 0.1) is 13.2 Å². The molecule has 1 saturated heterocycles. The number of β-amino-alcohol motifs (C(OH)–C–C–N with tert-alkyl or cyclic N) is 2. The van der Waals surface area contributed by atoms with E-state index < -0.39 is 36.9 Å². The third kappa shape index (κ3) is 3.55. The molecule has 0 radical (unpaired) electrons. The van der Waals surface area contributed by atoms with Crippen LogP contribution in [0.1, 0.15) is 6.42 Å². The molecular weight excluding hydrogens is 243 g/mol. The van der Waals surface area contributed by atoms with Gasteiger partial charge in [-0.3, -0.25) is 9.69 Å². The van der Waals surface area contributed by atoms with Gasteiger partial charge in [0.2, 0.25) is 0 Å². The molecule has 0 bridgehead atoms. The summed E-state index contributed by atoms with van der Waals surface area (Å²) in [5.74, 6) is -0.712. The predicted molar refractivity (Wildman–Crippen MR) is 50.1 cm³/mol. The maximum atomic E-state index is 12.2. The molecule has 1 aliphatic heterocycles. The van der Waals surface area contributed by atoms with Gasteiger partial charge >= 0.3 is 12.1 Å². The van der Waals surface area contributed by atoms with E-state index in [2.05, 4.69) is 4.74 Å². The molecule has 100 valence electrons. The second-order valence-corrected chi connectivity index (χ2v) is 3.94. The lowest BCUT2D eigenvalue weighted by atomic mass is 10.2. The second-order valence-electron chi connectivity index (χ2n) is 3.94. The van der Waals surface area contributed by atoms with Gasteiger partial charge in [0.25, 0.3) is 0 Å². The van der Waals surface area contributed by atoms with E-state index in [1.807, 2.05) is 0 Å². The molecule has 0 aliphatic carbocycles. The summed E-state index contributed by atoms with van der Waals surface area (Å²) in [5, 5.41) is 18.2. The molecule has 3 unspecified atom stereocenters. The van der Waals surface area contributed by atoms with Crippen LogP contribution < -0.4 is 0 Å². The summed E-state index contributed by atoms with van der Waals surface area (Å²) in [6.07, 6.45) is -8.16. The lowest BCUT2D eigenvalue weighted by molar-refractivity contribution is -0.209. The van der Waals surface area contributed by atoms with E-state index >= 15 is 0 Å². The Balaban J connectivity index is 2.65. The maximum Gasteiger partial charge on any atom is 0.415 e. The molecule has 3 atom stereocenters. The highest BCUT2D eigenvalue weighted by molar-refractivity contribution is 5.76. The maximum absolute atomic E-state index is 12.2. The summed E-state index contributed by atoms with van der Waals surface area (Å²) in [6, 6.07) is -0.938. The number of carbonyl (C=O) groups excluding carboxylic acids is 1. The zero-order valence-electron chi connectivity index (χ0n) is 9.15. The number of hydrogen-bond donors (Lipinski definition) is 2. The number of halogens is 3. The second kappa shape index (κ2) is 5.19. The van der Waals surface area contributed by atoms with Gasteiger partial charge in [-0.15, -0.1) is 0 Å². The largest absolute Gasteiger partial charge is 0.468 e. The molecule has 1 rings (SSSR count). The van der Waals surface area contributed by atoms with Crippen molar-refractivity contribution in [2.75, 3.05) is 20.2 Å². The molecule has 0 amide bonds. The first kappa shape index (κ1) is 14.2. The van der Waals surface area contributed by atoms with E-state index in [-0.39, 0.29) is 13.0 Å². The minimum absolute atomic E-state index is 0.0112. The van der Waals surface area contributed by atoms with Crippen LogP contribution in [0.2, 0.25) is 0 Å². The molecule has 17 heavy (non-hydrogen) atoms. The highest BCUT2D eigenvalue weighted by Gasteiger charge is 2.44. The number of nitrogens with zero attached hydrogens (tertiary/aromatic N) is 1. The van der Waals surface area contributed by atoms with Crippen LogP contribution in [-0.2, 0) is 9.53 Å². The number of alkyl halides is 3. The van der Waals surface area contributed by atoms with Crippen LogP contribution in [0.5, 0.6) is 0 Å². The summed E-state index contributed by atoms with van der Waals surface area (Å²) in [7, 11) is 1.12. The number of likely N-dealkylation sites (tertiary alicyclic amines) is 1.